The number of rotatable bonds is 2. The van der Waals surface area contributed by atoms with Crippen LogP contribution in [0.2, 0.25) is 0 Å². The Kier molecular flexibility index (Phi) is 3.14. The molecule has 0 aliphatic heterocycles. The first-order valence-electron chi connectivity index (χ1n) is 4.47. The molecule has 0 saturated carbocycles. The van der Waals surface area contributed by atoms with Crippen LogP contribution in [0.1, 0.15) is 5.56 Å². The fraction of sp³-hybridized carbons (Fsp3) is 0.0833. The van der Waals surface area contributed by atoms with Crippen molar-refractivity contribution in [1.29, 1.82) is 0 Å². The Morgan fingerprint density at radius 1 is 1.29 bits per heavy atom. The molecule has 0 radical (unpaired) electrons. The number of allylic oxidation sites excluding steroid dienone is 1. The monoisotopic (exact) mass is 295 g/mol. The molecule has 70 valence electrons. The lowest BCUT2D eigenvalue weighted by Gasteiger charge is -1.97. The molecule has 2 rings (SSSR count). The van der Waals surface area contributed by atoms with Crippen molar-refractivity contribution < 1.29 is 0 Å². The van der Waals surface area contributed by atoms with Gasteiger partial charge in [0.1, 0.15) is 0 Å². The molecule has 1 heterocycles. The van der Waals surface area contributed by atoms with Gasteiger partial charge in [-0.2, -0.15) is 0 Å². The van der Waals surface area contributed by atoms with Crippen molar-refractivity contribution in [1.82, 2.24) is 4.98 Å². The highest BCUT2D eigenvalue weighted by atomic mass is 127. The molecule has 0 saturated heterocycles. The van der Waals surface area contributed by atoms with Crippen LogP contribution in [0.3, 0.4) is 0 Å². The molecule has 2 heteroatoms. The first-order chi connectivity index (χ1) is 6.90. The summed E-state index contributed by atoms with van der Waals surface area (Å²) in [6.07, 6.45) is 6.14. The van der Waals surface area contributed by atoms with Crippen molar-refractivity contribution in [2.45, 2.75) is 0 Å². The van der Waals surface area contributed by atoms with E-state index >= 15 is 0 Å². The lowest BCUT2D eigenvalue weighted by atomic mass is 10.1. The molecule has 0 fully saturated rings. The zero-order chi connectivity index (χ0) is 9.80. The number of benzene rings is 1. The average Bonchev–Trinajstić information content (AvgIpc) is 2.26. The summed E-state index contributed by atoms with van der Waals surface area (Å²) >= 11 is 2.33. The Balaban J connectivity index is 2.46. The molecule has 0 bridgehead atoms. The zero-order valence-electron chi connectivity index (χ0n) is 7.65. The highest BCUT2D eigenvalue weighted by Gasteiger charge is 1.93. The van der Waals surface area contributed by atoms with Gasteiger partial charge >= 0.3 is 0 Å². The third-order valence-electron chi connectivity index (χ3n) is 2.01. The minimum Gasteiger partial charge on any atom is -0.256 e. The predicted octanol–water partition coefficient (Wildman–Crippen LogP) is 3.68. The Morgan fingerprint density at radius 2 is 2.14 bits per heavy atom. The zero-order valence-corrected chi connectivity index (χ0v) is 9.81. The average molecular weight is 295 g/mol. The SMILES string of the molecule is ICC=Cc1cnc2ccccc2c1. The second kappa shape index (κ2) is 4.55. The Hall–Kier alpha value is -0.900. The molecule has 2 aromatic rings. The molecule has 0 aliphatic carbocycles. The number of alkyl halides is 1. The minimum atomic E-state index is 1.03. The van der Waals surface area contributed by atoms with E-state index < -0.39 is 0 Å². The van der Waals surface area contributed by atoms with Crippen LogP contribution in [0.4, 0.5) is 0 Å². The van der Waals surface area contributed by atoms with Crippen molar-refractivity contribution in [2.75, 3.05) is 4.43 Å². The van der Waals surface area contributed by atoms with Gasteiger partial charge in [-0.3, -0.25) is 4.98 Å². The third-order valence-corrected chi connectivity index (χ3v) is 2.52. The van der Waals surface area contributed by atoms with Gasteiger partial charge in [0, 0.05) is 16.0 Å². The van der Waals surface area contributed by atoms with Gasteiger partial charge in [0.05, 0.1) is 5.52 Å². The van der Waals surface area contributed by atoms with Gasteiger partial charge < -0.3 is 0 Å². The summed E-state index contributed by atoms with van der Waals surface area (Å²) in [6.45, 7) is 0. The number of nitrogens with zero attached hydrogens (tertiary/aromatic N) is 1. The highest BCUT2D eigenvalue weighted by Crippen LogP contribution is 2.13. The molecular weight excluding hydrogens is 285 g/mol. The highest BCUT2D eigenvalue weighted by molar-refractivity contribution is 14.1. The maximum absolute atomic E-state index is 4.38. The van der Waals surface area contributed by atoms with Crippen LogP contribution in [-0.4, -0.2) is 9.41 Å². The van der Waals surface area contributed by atoms with Gasteiger partial charge in [-0.15, -0.1) is 0 Å². The molecule has 0 atom stereocenters. The summed E-state index contributed by atoms with van der Waals surface area (Å²) in [7, 11) is 0. The van der Waals surface area contributed by atoms with Crippen molar-refractivity contribution in [3.63, 3.8) is 0 Å². The molecule has 1 aromatic heterocycles. The molecule has 1 nitrogen and oxygen atoms in total. The van der Waals surface area contributed by atoms with Crippen LogP contribution >= 0.6 is 22.6 Å². The van der Waals surface area contributed by atoms with E-state index in [1.165, 1.54) is 10.9 Å². The van der Waals surface area contributed by atoms with Gasteiger partial charge in [0.25, 0.3) is 0 Å². The van der Waals surface area contributed by atoms with Crippen molar-refractivity contribution in [3.05, 3.63) is 48.2 Å². The number of pyridine rings is 1. The van der Waals surface area contributed by atoms with Gasteiger partial charge in [-0.25, -0.2) is 0 Å². The van der Waals surface area contributed by atoms with E-state index in [0.29, 0.717) is 0 Å². The van der Waals surface area contributed by atoms with Gasteiger partial charge in [-0.1, -0.05) is 52.9 Å². The van der Waals surface area contributed by atoms with Crippen LogP contribution in [-0.2, 0) is 0 Å². The summed E-state index contributed by atoms with van der Waals surface area (Å²) in [5.41, 5.74) is 2.22. The third kappa shape index (κ3) is 2.12. The van der Waals surface area contributed by atoms with Crippen LogP contribution < -0.4 is 0 Å². The minimum absolute atomic E-state index is 1.03. The number of para-hydroxylation sites is 1. The lowest BCUT2D eigenvalue weighted by molar-refractivity contribution is 1.40. The number of halogens is 1. The summed E-state index contributed by atoms with van der Waals surface area (Å²) in [6, 6.07) is 10.3. The van der Waals surface area contributed by atoms with E-state index in [-0.39, 0.29) is 0 Å². The normalized spacial score (nSPS) is 11.2. The van der Waals surface area contributed by atoms with Crippen LogP contribution in [0, 0.1) is 0 Å². The number of hydrogen-bond donors (Lipinski definition) is 0. The van der Waals surface area contributed by atoms with Gasteiger partial charge in [0.15, 0.2) is 0 Å². The molecule has 0 N–H and O–H groups in total. The van der Waals surface area contributed by atoms with E-state index in [2.05, 4.69) is 51.9 Å². The van der Waals surface area contributed by atoms with E-state index in [1.807, 2.05) is 24.4 Å². The standard InChI is InChI=1S/C12H10IN/c13-7-3-4-10-8-11-5-1-2-6-12(11)14-9-10/h1-6,8-9H,7H2. The number of aromatic nitrogens is 1. The molecule has 0 spiro atoms. The smallest absolute Gasteiger partial charge is 0.0702 e. The summed E-state index contributed by atoms with van der Waals surface area (Å²) < 4.78 is 1.03. The van der Waals surface area contributed by atoms with Crippen LogP contribution in [0.5, 0.6) is 0 Å². The van der Waals surface area contributed by atoms with E-state index in [1.54, 1.807) is 0 Å². The second-order valence-electron chi connectivity index (χ2n) is 3.02. The summed E-state index contributed by atoms with van der Waals surface area (Å²) in [4.78, 5) is 4.38. The number of hydrogen-bond acceptors (Lipinski definition) is 1. The molecule has 0 amide bonds. The van der Waals surface area contributed by atoms with Crippen LogP contribution in [0.15, 0.2) is 42.6 Å². The van der Waals surface area contributed by atoms with E-state index in [4.69, 9.17) is 0 Å². The summed E-state index contributed by atoms with van der Waals surface area (Å²) in [5, 5.41) is 1.20. The van der Waals surface area contributed by atoms with Crippen molar-refractivity contribution in [2.24, 2.45) is 0 Å². The Bertz CT molecular complexity index is 463. The molecule has 1 aromatic carbocycles. The summed E-state index contributed by atoms with van der Waals surface area (Å²) in [5.74, 6) is 0. The fourth-order valence-electron chi connectivity index (χ4n) is 1.36. The Morgan fingerprint density at radius 3 is 3.00 bits per heavy atom. The first-order valence-corrected chi connectivity index (χ1v) is 6.00. The molecule has 0 aliphatic rings. The Labute approximate surface area is 97.0 Å². The molecule has 0 unspecified atom stereocenters. The fourth-order valence-corrected chi connectivity index (χ4v) is 1.61. The lowest BCUT2D eigenvalue weighted by Crippen LogP contribution is -1.80. The van der Waals surface area contributed by atoms with Crippen molar-refractivity contribution in [3.8, 4) is 0 Å². The topological polar surface area (TPSA) is 12.9 Å². The maximum Gasteiger partial charge on any atom is 0.0702 e. The molecule has 14 heavy (non-hydrogen) atoms. The maximum atomic E-state index is 4.38. The van der Waals surface area contributed by atoms with E-state index in [9.17, 15) is 0 Å². The predicted molar refractivity (Wildman–Crippen MR) is 69.7 cm³/mol. The van der Waals surface area contributed by atoms with Crippen LogP contribution in [0.25, 0.3) is 17.0 Å². The largest absolute Gasteiger partial charge is 0.256 e. The van der Waals surface area contributed by atoms with E-state index in [0.717, 1.165) is 9.94 Å². The second-order valence-corrected chi connectivity index (χ2v) is 3.90. The van der Waals surface area contributed by atoms with Gasteiger partial charge in [-0.05, 0) is 17.7 Å². The quantitative estimate of drug-likeness (QED) is 0.608. The number of fused-ring (bicyclic) bond motifs is 1. The molecular formula is C12H10IN. The first kappa shape index (κ1) is 9.65. The van der Waals surface area contributed by atoms with Gasteiger partial charge in [0.2, 0.25) is 0 Å². The van der Waals surface area contributed by atoms with Crippen molar-refractivity contribution >= 4 is 39.6 Å².